The van der Waals surface area contributed by atoms with E-state index in [0.29, 0.717) is 44.1 Å². The van der Waals surface area contributed by atoms with Crippen LogP contribution in [0.25, 0.3) is 0 Å². The molecule has 0 saturated carbocycles. The summed E-state index contributed by atoms with van der Waals surface area (Å²) < 4.78 is 15.9. The Labute approximate surface area is 231 Å². The summed E-state index contributed by atoms with van der Waals surface area (Å²) in [4.78, 5) is 25.9. The number of aryl methyl sites for hydroxylation is 1. The van der Waals surface area contributed by atoms with Gasteiger partial charge in [0.25, 0.3) is 0 Å². The van der Waals surface area contributed by atoms with E-state index in [4.69, 9.17) is 25.8 Å². The molecular formula is C28H28ClN3O5S. The maximum Gasteiger partial charge on any atom is 0.337 e. The van der Waals surface area contributed by atoms with E-state index in [0.717, 1.165) is 22.9 Å². The van der Waals surface area contributed by atoms with Crippen molar-refractivity contribution in [1.29, 1.82) is 5.26 Å². The monoisotopic (exact) mass is 553 g/mol. The molecule has 0 bridgehead atoms. The van der Waals surface area contributed by atoms with E-state index in [2.05, 4.69) is 23.3 Å². The van der Waals surface area contributed by atoms with E-state index in [1.165, 1.54) is 20.3 Å². The molecule has 198 valence electrons. The van der Waals surface area contributed by atoms with Gasteiger partial charge in [-0.25, -0.2) is 4.79 Å². The highest BCUT2D eigenvalue weighted by Gasteiger charge is 2.35. The molecule has 2 aromatic carbocycles. The second-order valence-corrected chi connectivity index (χ2v) is 9.67. The van der Waals surface area contributed by atoms with Crippen LogP contribution < -0.4 is 20.1 Å². The van der Waals surface area contributed by atoms with Crippen molar-refractivity contribution < 1.29 is 23.8 Å². The van der Waals surface area contributed by atoms with Crippen LogP contribution in [0.3, 0.4) is 0 Å². The van der Waals surface area contributed by atoms with Gasteiger partial charge in [0, 0.05) is 17.8 Å². The smallest absolute Gasteiger partial charge is 0.337 e. The summed E-state index contributed by atoms with van der Waals surface area (Å²) >= 11 is 7.31. The van der Waals surface area contributed by atoms with E-state index in [-0.39, 0.29) is 18.3 Å². The number of nitrogens with one attached hydrogen (secondary N) is 2. The van der Waals surface area contributed by atoms with E-state index >= 15 is 0 Å². The van der Waals surface area contributed by atoms with Gasteiger partial charge in [-0.15, -0.1) is 0 Å². The molecule has 2 N–H and O–H groups in total. The number of amides is 1. The molecule has 8 nitrogen and oxygen atoms in total. The maximum atomic E-state index is 13.0. The lowest BCUT2D eigenvalue weighted by molar-refractivity contribution is -0.138. The molecule has 0 radical (unpaired) electrons. The summed E-state index contributed by atoms with van der Waals surface area (Å²) in [5.41, 5.74) is 3.39. The van der Waals surface area contributed by atoms with E-state index in [1.54, 1.807) is 19.1 Å². The second kappa shape index (κ2) is 13.1. The Balaban J connectivity index is 1.90. The van der Waals surface area contributed by atoms with Crippen LogP contribution in [0.5, 0.6) is 11.5 Å². The van der Waals surface area contributed by atoms with Gasteiger partial charge >= 0.3 is 5.97 Å². The molecule has 1 amide bonds. The molecule has 3 rings (SSSR count). The van der Waals surface area contributed by atoms with Gasteiger partial charge in [0.05, 0.1) is 58.8 Å². The average Bonchev–Trinajstić information content (AvgIpc) is 2.91. The Morgan fingerprint density at radius 1 is 1.18 bits per heavy atom. The van der Waals surface area contributed by atoms with Crippen LogP contribution >= 0.6 is 23.4 Å². The van der Waals surface area contributed by atoms with Gasteiger partial charge in [0.15, 0.2) is 0 Å². The number of hydrogen-bond acceptors (Lipinski definition) is 8. The van der Waals surface area contributed by atoms with Crippen molar-refractivity contribution >= 4 is 40.9 Å². The van der Waals surface area contributed by atoms with Gasteiger partial charge < -0.3 is 24.8 Å². The number of rotatable bonds is 10. The second-order valence-electron chi connectivity index (χ2n) is 8.27. The van der Waals surface area contributed by atoms with Crippen LogP contribution in [0.1, 0.15) is 24.0 Å². The fraction of sp³-hybridized carbons (Fsp3) is 0.250. The summed E-state index contributed by atoms with van der Waals surface area (Å²) in [7, 11) is 2.94. The molecule has 0 aromatic heterocycles. The summed E-state index contributed by atoms with van der Waals surface area (Å²) in [6.45, 7) is 7.33. The van der Waals surface area contributed by atoms with Crippen LogP contribution in [0.15, 0.2) is 70.9 Å². The predicted molar refractivity (Wildman–Crippen MR) is 149 cm³/mol. The van der Waals surface area contributed by atoms with Gasteiger partial charge in [0.2, 0.25) is 5.91 Å². The Hall–Kier alpha value is -3.87. The Morgan fingerprint density at radius 2 is 1.87 bits per heavy atom. The molecule has 0 aliphatic carbocycles. The number of benzene rings is 2. The number of thioether (sulfide) groups is 1. The SMILES string of the molecule is C=CCOC(=O)C1=C(C)NC(SCC(=O)Nc2cc(OC)c(Cl)cc2OC)=C(C#N)C1c1ccc(C)cc1. The zero-order valence-corrected chi connectivity index (χ0v) is 23.1. The number of halogens is 1. The van der Waals surface area contributed by atoms with Crippen molar-refractivity contribution in [2.45, 2.75) is 19.8 Å². The van der Waals surface area contributed by atoms with E-state index < -0.39 is 11.9 Å². The molecule has 1 aliphatic rings. The quantitative estimate of drug-likeness (QED) is 0.295. The Kier molecular flexibility index (Phi) is 9.88. The summed E-state index contributed by atoms with van der Waals surface area (Å²) in [6.07, 6.45) is 1.48. The van der Waals surface area contributed by atoms with Crippen LogP contribution in [0.4, 0.5) is 5.69 Å². The number of allylic oxidation sites excluding steroid dienone is 2. The van der Waals surface area contributed by atoms with Crippen LogP contribution in [0.2, 0.25) is 5.02 Å². The molecule has 2 aromatic rings. The number of esters is 1. The highest BCUT2D eigenvalue weighted by Crippen LogP contribution is 2.41. The van der Waals surface area contributed by atoms with Gasteiger partial charge in [-0.3, -0.25) is 4.79 Å². The third-order valence-corrected chi connectivity index (χ3v) is 7.02. The summed E-state index contributed by atoms with van der Waals surface area (Å²) in [5, 5.41) is 16.9. The first-order chi connectivity index (χ1) is 18.2. The molecule has 1 atom stereocenters. The third kappa shape index (κ3) is 6.52. The van der Waals surface area contributed by atoms with Gasteiger partial charge in [-0.1, -0.05) is 65.8 Å². The number of dihydropyridines is 1. The summed E-state index contributed by atoms with van der Waals surface area (Å²) in [6, 6.07) is 13.0. The van der Waals surface area contributed by atoms with Gasteiger partial charge in [0.1, 0.15) is 18.1 Å². The number of hydrogen-bond donors (Lipinski definition) is 2. The molecule has 1 aliphatic heterocycles. The lowest BCUT2D eigenvalue weighted by Crippen LogP contribution is -2.29. The fourth-order valence-electron chi connectivity index (χ4n) is 3.88. The molecule has 0 fully saturated rings. The first kappa shape index (κ1) is 28.7. The van der Waals surface area contributed by atoms with Crippen molar-refractivity contribution in [2.75, 3.05) is 31.9 Å². The number of nitrogens with zero attached hydrogens (tertiary/aromatic N) is 1. The van der Waals surface area contributed by atoms with Gasteiger partial charge in [-0.05, 0) is 19.4 Å². The van der Waals surface area contributed by atoms with E-state index in [9.17, 15) is 14.9 Å². The largest absolute Gasteiger partial charge is 0.495 e. The first-order valence-electron chi connectivity index (χ1n) is 11.5. The molecular weight excluding hydrogens is 526 g/mol. The van der Waals surface area contributed by atoms with Crippen molar-refractivity contribution in [3.8, 4) is 17.6 Å². The molecule has 1 heterocycles. The molecule has 0 spiro atoms. The number of methoxy groups -OCH3 is 2. The van der Waals surface area contributed by atoms with Crippen LogP contribution in [-0.2, 0) is 14.3 Å². The molecule has 38 heavy (non-hydrogen) atoms. The zero-order valence-electron chi connectivity index (χ0n) is 21.5. The normalized spacial score (nSPS) is 14.8. The van der Waals surface area contributed by atoms with Gasteiger partial charge in [-0.2, -0.15) is 5.26 Å². The Bertz CT molecular complexity index is 1350. The number of nitriles is 1. The summed E-state index contributed by atoms with van der Waals surface area (Å²) in [5.74, 6) is -0.802. The van der Waals surface area contributed by atoms with Crippen molar-refractivity contribution in [3.05, 3.63) is 87.1 Å². The van der Waals surface area contributed by atoms with Crippen LogP contribution in [-0.4, -0.2) is 38.5 Å². The van der Waals surface area contributed by atoms with Crippen molar-refractivity contribution in [1.82, 2.24) is 5.32 Å². The maximum absolute atomic E-state index is 13.0. The number of carbonyl (C=O) groups excluding carboxylic acids is 2. The molecule has 10 heteroatoms. The van der Waals surface area contributed by atoms with Crippen LogP contribution in [0, 0.1) is 18.3 Å². The Morgan fingerprint density at radius 3 is 2.47 bits per heavy atom. The first-order valence-corrected chi connectivity index (χ1v) is 12.9. The highest BCUT2D eigenvalue weighted by atomic mass is 35.5. The van der Waals surface area contributed by atoms with Crippen molar-refractivity contribution in [3.63, 3.8) is 0 Å². The van der Waals surface area contributed by atoms with Crippen molar-refractivity contribution in [2.24, 2.45) is 0 Å². The standard InChI is InChI=1S/C28H28ClN3O5S/c1-6-11-37-28(34)25-17(3)31-27(19(14-30)26(25)18-9-7-16(2)8-10-18)38-15-24(33)32-21-13-22(35-4)20(29)12-23(21)36-5/h6-10,12-13,26,31H,1,11,15H2,2-5H3,(H,32,33). The predicted octanol–water partition coefficient (Wildman–Crippen LogP) is 5.46. The number of anilines is 1. The number of carbonyl (C=O) groups is 2. The minimum Gasteiger partial charge on any atom is -0.495 e. The van der Waals surface area contributed by atoms with E-state index in [1.807, 2.05) is 31.2 Å². The minimum atomic E-state index is -0.662. The third-order valence-electron chi connectivity index (χ3n) is 5.71. The fourth-order valence-corrected chi connectivity index (χ4v) is 5.01. The minimum absolute atomic E-state index is 0.0221. The molecule has 1 unspecified atom stereocenters. The zero-order chi connectivity index (χ0) is 27.8. The lowest BCUT2D eigenvalue weighted by Gasteiger charge is -2.29. The highest BCUT2D eigenvalue weighted by molar-refractivity contribution is 8.03. The molecule has 0 saturated heterocycles. The average molecular weight is 554 g/mol. The topological polar surface area (TPSA) is 110 Å². The number of ether oxygens (including phenoxy) is 3. The lowest BCUT2D eigenvalue weighted by atomic mass is 9.82.